The van der Waals surface area contributed by atoms with E-state index in [0.717, 1.165) is 21.6 Å². The number of amides is 4. The van der Waals surface area contributed by atoms with Crippen LogP contribution in [0.1, 0.15) is 46.8 Å². The van der Waals surface area contributed by atoms with E-state index in [-0.39, 0.29) is 12.8 Å². The molecule has 1 aromatic carbocycles. The molecule has 25 heavy (non-hydrogen) atoms. The summed E-state index contributed by atoms with van der Waals surface area (Å²) in [5, 5.41) is 11.8. The summed E-state index contributed by atoms with van der Waals surface area (Å²) in [4.78, 5) is 46.8. The highest BCUT2D eigenvalue weighted by molar-refractivity contribution is 6.01. The maximum Gasteiger partial charge on any atom is 0.260 e. The van der Waals surface area contributed by atoms with Crippen molar-refractivity contribution in [2.45, 2.75) is 51.7 Å². The van der Waals surface area contributed by atoms with Crippen LogP contribution in [-0.2, 0) is 27.2 Å². The predicted molar refractivity (Wildman–Crippen MR) is 89.7 cm³/mol. The zero-order valence-electron chi connectivity index (χ0n) is 14.3. The molecule has 134 valence electrons. The Hall–Kier alpha value is -2.54. The van der Waals surface area contributed by atoms with Crippen molar-refractivity contribution in [1.82, 2.24) is 10.2 Å². The molecule has 2 N–H and O–H groups in total. The summed E-state index contributed by atoms with van der Waals surface area (Å²) in [6.07, 6.45) is 1.70. The summed E-state index contributed by atoms with van der Waals surface area (Å²) in [6.45, 7) is 3.47. The number of hydrogen-bond acceptors (Lipinski definition) is 5. The average Bonchev–Trinajstić information content (AvgIpc) is 2.91. The molecule has 2 rings (SSSR count). The van der Waals surface area contributed by atoms with E-state index < -0.39 is 24.0 Å². The van der Waals surface area contributed by atoms with Gasteiger partial charge in [0, 0.05) is 18.0 Å². The van der Waals surface area contributed by atoms with Gasteiger partial charge < -0.3 is 5.11 Å². The van der Waals surface area contributed by atoms with Crippen molar-refractivity contribution in [2.24, 2.45) is 0 Å². The van der Waals surface area contributed by atoms with E-state index in [4.69, 9.17) is 0 Å². The van der Waals surface area contributed by atoms with Crippen LogP contribution in [0.15, 0.2) is 12.1 Å². The molecule has 0 heterocycles. The maximum absolute atomic E-state index is 12.8. The number of imide groups is 2. The van der Waals surface area contributed by atoms with Gasteiger partial charge in [0.15, 0.2) is 0 Å². The summed E-state index contributed by atoms with van der Waals surface area (Å²) < 4.78 is 0. The minimum Gasteiger partial charge on any atom is -0.392 e. The maximum atomic E-state index is 12.8. The molecule has 0 radical (unpaired) electrons. The second-order valence-corrected chi connectivity index (χ2v) is 6.39. The first-order valence-corrected chi connectivity index (χ1v) is 8.18. The van der Waals surface area contributed by atoms with Crippen molar-refractivity contribution in [2.75, 3.05) is 0 Å². The number of carbonyl (C=O) groups excluding carboxylic acids is 4. The lowest BCUT2D eigenvalue weighted by Crippen LogP contribution is -2.38. The fourth-order valence-corrected chi connectivity index (χ4v) is 3.11. The zero-order chi connectivity index (χ0) is 18.6. The van der Waals surface area contributed by atoms with Crippen LogP contribution in [0.2, 0.25) is 0 Å². The van der Waals surface area contributed by atoms with Crippen molar-refractivity contribution in [1.29, 1.82) is 0 Å². The summed E-state index contributed by atoms with van der Waals surface area (Å²) in [7, 11) is 0. The van der Waals surface area contributed by atoms with Crippen LogP contribution in [0.4, 0.5) is 0 Å². The smallest absolute Gasteiger partial charge is 0.260 e. The normalized spacial score (nSPS) is 16.7. The molecule has 7 nitrogen and oxygen atoms in total. The summed E-state index contributed by atoms with van der Waals surface area (Å²) in [5.41, 5.74) is 3.11. The van der Waals surface area contributed by atoms with Crippen molar-refractivity contribution in [3.8, 4) is 0 Å². The Kier molecular flexibility index (Phi) is 6.03. The lowest BCUT2D eigenvalue weighted by Gasteiger charge is -2.24. The van der Waals surface area contributed by atoms with Gasteiger partial charge in [-0.25, -0.2) is 0 Å². The number of fused-ring (bicyclic) bond motifs is 1. The van der Waals surface area contributed by atoms with Crippen molar-refractivity contribution in [3.63, 3.8) is 0 Å². The minimum atomic E-state index is -0.486. The largest absolute Gasteiger partial charge is 0.392 e. The topological polar surface area (TPSA) is 104 Å². The molecule has 2 unspecified atom stereocenters. The molecule has 0 saturated carbocycles. The van der Waals surface area contributed by atoms with E-state index in [1.54, 1.807) is 19.9 Å². The van der Waals surface area contributed by atoms with Gasteiger partial charge in [-0.15, -0.1) is 0 Å². The quantitative estimate of drug-likeness (QED) is 0.700. The Balaban J connectivity index is 2.14. The summed E-state index contributed by atoms with van der Waals surface area (Å²) in [5.74, 6) is -0.886. The number of nitrogens with zero attached hydrogens (tertiary/aromatic N) is 1. The second kappa shape index (κ2) is 8.02. The van der Waals surface area contributed by atoms with Gasteiger partial charge >= 0.3 is 0 Å². The number of rotatable bonds is 7. The lowest BCUT2D eigenvalue weighted by molar-refractivity contribution is -0.126. The van der Waals surface area contributed by atoms with Crippen molar-refractivity contribution in [3.05, 3.63) is 34.4 Å². The molecule has 0 spiro atoms. The Morgan fingerprint density at radius 1 is 1.32 bits per heavy atom. The summed E-state index contributed by atoms with van der Waals surface area (Å²) >= 11 is 0. The van der Waals surface area contributed by atoms with E-state index in [1.165, 1.54) is 0 Å². The third kappa shape index (κ3) is 4.30. The average molecular weight is 346 g/mol. The number of aliphatic hydroxyl groups excluding tert-OH is 1. The number of aryl methyl sites for hydroxylation is 1. The van der Waals surface area contributed by atoms with Gasteiger partial charge in [-0.05, 0) is 55.9 Å². The fourth-order valence-electron chi connectivity index (χ4n) is 3.11. The standard InChI is InChI=1S/C18H22N2O5/c1-11-5-13-6-15(23)7-14(13)8-16(11)18(25)20(10-22)12(2)3-4-17(24)19-9-21/h5,8-10,12,15,23H,3-4,6-7H2,1-2H3,(H,19,21,24). The lowest BCUT2D eigenvalue weighted by atomic mass is 9.99. The minimum absolute atomic E-state index is 0.0346. The molecule has 0 aromatic heterocycles. The summed E-state index contributed by atoms with van der Waals surface area (Å²) in [6, 6.07) is 3.14. The third-order valence-electron chi connectivity index (χ3n) is 4.52. The highest BCUT2D eigenvalue weighted by Crippen LogP contribution is 2.27. The Labute approximate surface area is 146 Å². The molecule has 0 bridgehead atoms. The van der Waals surface area contributed by atoms with Crippen LogP contribution in [-0.4, -0.2) is 46.8 Å². The first-order chi connectivity index (χ1) is 11.9. The number of carbonyl (C=O) groups is 4. The molecule has 1 aliphatic rings. The molecule has 2 atom stereocenters. The second-order valence-electron chi connectivity index (χ2n) is 6.39. The van der Waals surface area contributed by atoms with Gasteiger partial charge in [-0.1, -0.05) is 6.07 Å². The monoisotopic (exact) mass is 346 g/mol. The van der Waals surface area contributed by atoms with Crippen molar-refractivity contribution < 1.29 is 24.3 Å². The molecule has 0 saturated heterocycles. The number of benzene rings is 1. The van der Waals surface area contributed by atoms with E-state index >= 15 is 0 Å². The van der Waals surface area contributed by atoms with Gasteiger partial charge in [-0.3, -0.25) is 29.4 Å². The fraction of sp³-hybridized carbons (Fsp3) is 0.444. The van der Waals surface area contributed by atoms with Crippen LogP contribution < -0.4 is 5.32 Å². The van der Waals surface area contributed by atoms with Gasteiger partial charge in [0.25, 0.3) is 5.91 Å². The molecule has 4 amide bonds. The predicted octanol–water partition coefficient (Wildman–Crippen LogP) is 0.494. The van der Waals surface area contributed by atoms with Crippen LogP contribution in [0.25, 0.3) is 0 Å². The molecule has 1 aromatic rings. The zero-order valence-corrected chi connectivity index (χ0v) is 14.3. The van der Waals surface area contributed by atoms with Gasteiger partial charge in [0.2, 0.25) is 18.7 Å². The molecule has 0 fully saturated rings. The van der Waals surface area contributed by atoms with E-state index in [2.05, 4.69) is 0 Å². The molecular formula is C18H22N2O5. The third-order valence-corrected chi connectivity index (χ3v) is 4.52. The van der Waals surface area contributed by atoms with Crippen LogP contribution >= 0.6 is 0 Å². The number of hydrogen-bond donors (Lipinski definition) is 2. The molecule has 7 heteroatoms. The highest BCUT2D eigenvalue weighted by atomic mass is 16.3. The van der Waals surface area contributed by atoms with E-state index in [9.17, 15) is 24.3 Å². The highest BCUT2D eigenvalue weighted by Gasteiger charge is 2.26. The Bertz CT molecular complexity index is 701. The molecule has 0 aliphatic heterocycles. The SMILES string of the molecule is Cc1cc2c(cc1C(=O)N(C=O)C(C)CCC(=O)NC=O)CC(O)C2. The Morgan fingerprint density at radius 3 is 2.56 bits per heavy atom. The first kappa shape index (κ1) is 18.8. The van der Waals surface area contributed by atoms with E-state index in [1.807, 2.05) is 11.4 Å². The van der Waals surface area contributed by atoms with E-state index in [0.29, 0.717) is 31.2 Å². The van der Waals surface area contributed by atoms with Crippen LogP contribution in [0.3, 0.4) is 0 Å². The van der Waals surface area contributed by atoms with Gasteiger partial charge in [0.1, 0.15) is 0 Å². The molecular weight excluding hydrogens is 324 g/mol. The first-order valence-electron chi connectivity index (χ1n) is 8.18. The van der Waals surface area contributed by atoms with Crippen molar-refractivity contribution >= 4 is 24.6 Å². The van der Waals surface area contributed by atoms with Crippen LogP contribution in [0.5, 0.6) is 0 Å². The van der Waals surface area contributed by atoms with Crippen LogP contribution in [0, 0.1) is 6.92 Å². The Morgan fingerprint density at radius 2 is 1.96 bits per heavy atom. The number of aliphatic hydroxyl groups is 1. The number of nitrogens with one attached hydrogen (secondary N) is 1. The van der Waals surface area contributed by atoms with Gasteiger partial charge in [0.05, 0.1) is 6.10 Å². The van der Waals surface area contributed by atoms with Gasteiger partial charge in [-0.2, -0.15) is 0 Å². The molecule has 1 aliphatic carbocycles.